The summed E-state index contributed by atoms with van der Waals surface area (Å²) in [7, 11) is 0. The van der Waals surface area contributed by atoms with Crippen LogP contribution in [0.4, 0.5) is 0 Å². The lowest BCUT2D eigenvalue weighted by Gasteiger charge is -2.10. The minimum atomic E-state index is -0.850. The van der Waals surface area contributed by atoms with Crippen molar-refractivity contribution in [1.82, 2.24) is 5.43 Å². The first-order chi connectivity index (χ1) is 15.4. The minimum Gasteiger partial charge on any atom is -0.506 e. The van der Waals surface area contributed by atoms with Crippen LogP contribution in [0.25, 0.3) is 11.0 Å². The first-order valence-corrected chi connectivity index (χ1v) is 11.8. The van der Waals surface area contributed by atoms with E-state index in [4.69, 9.17) is 9.25 Å². The van der Waals surface area contributed by atoms with E-state index in [0.29, 0.717) is 15.6 Å². The van der Waals surface area contributed by atoms with Crippen LogP contribution in [0.5, 0.6) is 5.75 Å². The van der Waals surface area contributed by atoms with Crippen molar-refractivity contribution in [3.8, 4) is 5.75 Å². The molecular weight excluding hydrogens is 542 g/mol. The highest BCUT2D eigenvalue weighted by molar-refractivity contribution is 9.10. The van der Waals surface area contributed by atoms with Crippen molar-refractivity contribution in [3.05, 3.63) is 61.7 Å². The predicted molar refractivity (Wildman–Crippen MR) is 130 cm³/mol. The number of halogens is 2. The fourth-order valence-electron chi connectivity index (χ4n) is 3.57. The molecule has 7 nitrogen and oxygen atoms in total. The Labute approximate surface area is 201 Å². The zero-order valence-corrected chi connectivity index (χ0v) is 20.4. The molecule has 32 heavy (non-hydrogen) atoms. The number of aryl methyl sites for hydroxylation is 2. The highest BCUT2D eigenvalue weighted by Gasteiger charge is 2.23. The van der Waals surface area contributed by atoms with Crippen LogP contribution >= 0.6 is 31.9 Å². The molecule has 1 amide bonds. The number of hydrogen-bond donors (Lipinski definition) is 2. The number of benzene rings is 2. The van der Waals surface area contributed by atoms with Gasteiger partial charge in [-0.25, -0.2) is 5.43 Å². The summed E-state index contributed by atoms with van der Waals surface area (Å²) in [4.78, 5) is 17.5. The Bertz CT molecular complexity index is 1200. The Morgan fingerprint density at radius 1 is 1.22 bits per heavy atom. The zero-order valence-electron chi connectivity index (χ0n) is 17.3. The number of nitrogens with zero attached hydrogens (tertiary/aromatic N) is 2. The molecule has 0 saturated heterocycles. The van der Waals surface area contributed by atoms with Gasteiger partial charge in [0.05, 0.1) is 16.9 Å². The van der Waals surface area contributed by atoms with Gasteiger partial charge in [-0.15, -0.1) is 0 Å². The standard InChI is InChI=1S/C23H21Br2N3O4/c1-13(32-27-11-14-6-8-15(24)9-7-14)23(30)28-26-12-17-21-16-4-2-3-5-19(16)31-20(21)10-18(25)22(17)29/h6-13,29H,2-5H2,1H3,(H,28,30)/b26-12+,27-11?. The van der Waals surface area contributed by atoms with Crippen molar-refractivity contribution < 1.29 is 19.2 Å². The maximum atomic E-state index is 12.3. The van der Waals surface area contributed by atoms with Crippen molar-refractivity contribution in [2.75, 3.05) is 0 Å². The third-order valence-corrected chi connectivity index (χ3v) is 6.37. The van der Waals surface area contributed by atoms with Crippen LogP contribution in [0.3, 0.4) is 0 Å². The molecule has 0 radical (unpaired) electrons. The van der Waals surface area contributed by atoms with Crippen molar-refractivity contribution in [1.29, 1.82) is 0 Å². The topological polar surface area (TPSA) is 96.4 Å². The number of carbonyl (C=O) groups is 1. The van der Waals surface area contributed by atoms with Gasteiger partial charge in [0.25, 0.3) is 5.91 Å². The summed E-state index contributed by atoms with van der Waals surface area (Å²) in [5.41, 5.74) is 5.57. The number of phenols is 1. The first kappa shape index (κ1) is 22.5. The Kier molecular flexibility index (Phi) is 6.95. The van der Waals surface area contributed by atoms with E-state index < -0.39 is 12.0 Å². The first-order valence-electron chi connectivity index (χ1n) is 10.2. The van der Waals surface area contributed by atoms with Crippen LogP contribution in [-0.2, 0) is 22.5 Å². The van der Waals surface area contributed by atoms with Gasteiger partial charge in [-0.2, -0.15) is 5.10 Å². The Morgan fingerprint density at radius 2 is 1.97 bits per heavy atom. The van der Waals surface area contributed by atoms with E-state index in [1.165, 1.54) is 12.4 Å². The molecule has 1 unspecified atom stereocenters. The predicted octanol–water partition coefficient (Wildman–Crippen LogP) is 5.43. The van der Waals surface area contributed by atoms with E-state index in [1.807, 2.05) is 24.3 Å². The molecular formula is C23H21Br2N3O4. The fraction of sp³-hybridized carbons (Fsp3) is 0.261. The van der Waals surface area contributed by atoms with E-state index >= 15 is 0 Å². The van der Waals surface area contributed by atoms with Crippen LogP contribution in [0.1, 0.15) is 42.2 Å². The van der Waals surface area contributed by atoms with Crippen LogP contribution in [0.15, 0.2) is 54.0 Å². The summed E-state index contributed by atoms with van der Waals surface area (Å²) >= 11 is 6.73. The van der Waals surface area contributed by atoms with E-state index in [0.717, 1.165) is 52.4 Å². The molecule has 0 aliphatic heterocycles. The molecule has 3 aromatic rings. The molecule has 0 bridgehead atoms. The second-order valence-corrected chi connectivity index (χ2v) is 9.24. The summed E-state index contributed by atoms with van der Waals surface area (Å²) in [5, 5.41) is 19.3. The quantitative estimate of drug-likeness (QED) is 0.309. The van der Waals surface area contributed by atoms with Crippen LogP contribution in [0, 0.1) is 0 Å². The van der Waals surface area contributed by atoms with Crippen molar-refractivity contribution in [2.24, 2.45) is 10.3 Å². The van der Waals surface area contributed by atoms with Gasteiger partial charge in [-0.3, -0.25) is 4.79 Å². The molecule has 0 spiro atoms. The molecule has 4 rings (SSSR count). The Morgan fingerprint density at radius 3 is 2.75 bits per heavy atom. The molecule has 0 fully saturated rings. The van der Waals surface area contributed by atoms with Gasteiger partial charge in [-0.1, -0.05) is 33.2 Å². The lowest BCUT2D eigenvalue weighted by Crippen LogP contribution is -2.30. The number of carbonyl (C=O) groups excluding carboxylic acids is 1. The van der Waals surface area contributed by atoms with Crippen molar-refractivity contribution in [3.63, 3.8) is 0 Å². The van der Waals surface area contributed by atoms with Gasteiger partial charge in [-0.05, 0) is 65.9 Å². The maximum Gasteiger partial charge on any atom is 0.283 e. The van der Waals surface area contributed by atoms with E-state index in [2.05, 4.69) is 47.5 Å². The molecule has 2 N–H and O–H groups in total. The summed E-state index contributed by atoms with van der Waals surface area (Å²) < 4.78 is 7.46. The third-order valence-electron chi connectivity index (χ3n) is 5.24. The summed E-state index contributed by atoms with van der Waals surface area (Å²) in [6.07, 6.45) is 6.03. The fourth-order valence-corrected chi connectivity index (χ4v) is 4.26. The van der Waals surface area contributed by atoms with Gasteiger partial charge >= 0.3 is 0 Å². The normalized spacial score (nSPS) is 14.7. The number of aromatic hydroxyl groups is 1. The highest BCUT2D eigenvalue weighted by Crippen LogP contribution is 2.40. The smallest absolute Gasteiger partial charge is 0.283 e. The summed E-state index contributed by atoms with van der Waals surface area (Å²) in [6.45, 7) is 1.57. The number of phenolic OH excluding ortho intramolecular Hbond substituents is 1. The van der Waals surface area contributed by atoms with Gasteiger partial charge in [0.15, 0.2) is 0 Å². The second kappa shape index (κ2) is 9.87. The number of amides is 1. The lowest BCUT2D eigenvalue weighted by atomic mass is 9.94. The number of oxime groups is 1. The van der Waals surface area contributed by atoms with Gasteiger partial charge < -0.3 is 14.4 Å². The average molecular weight is 563 g/mol. The molecule has 1 aliphatic carbocycles. The molecule has 1 aliphatic rings. The van der Waals surface area contributed by atoms with E-state index in [-0.39, 0.29) is 5.75 Å². The van der Waals surface area contributed by atoms with Crippen molar-refractivity contribution in [2.45, 2.75) is 38.7 Å². The number of hydrogen-bond acceptors (Lipinski definition) is 6. The molecule has 1 aromatic heterocycles. The number of nitrogens with one attached hydrogen (secondary N) is 1. The molecule has 1 heterocycles. The zero-order chi connectivity index (χ0) is 22.7. The number of rotatable bonds is 6. The molecule has 9 heteroatoms. The Hall–Kier alpha value is -2.65. The SMILES string of the molecule is CC(ON=Cc1ccc(Br)cc1)C(=O)N/N=C/c1c(O)c(Br)cc2oc3c(c12)CCCC3. The van der Waals surface area contributed by atoms with Gasteiger partial charge in [0, 0.05) is 27.4 Å². The van der Waals surface area contributed by atoms with Gasteiger partial charge in [0.1, 0.15) is 17.1 Å². The van der Waals surface area contributed by atoms with Crippen LogP contribution in [0.2, 0.25) is 0 Å². The van der Waals surface area contributed by atoms with Crippen LogP contribution < -0.4 is 5.43 Å². The molecule has 166 valence electrons. The number of furan rings is 1. The third kappa shape index (κ3) is 4.88. The largest absolute Gasteiger partial charge is 0.506 e. The van der Waals surface area contributed by atoms with Crippen molar-refractivity contribution >= 4 is 61.2 Å². The maximum absolute atomic E-state index is 12.3. The van der Waals surface area contributed by atoms with E-state index in [9.17, 15) is 9.90 Å². The molecule has 1 atom stereocenters. The highest BCUT2D eigenvalue weighted by atomic mass is 79.9. The summed E-state index contributed by atoms with van der Waals surface area (Å²) in [6, 6.07) is 9.27. The monoisotopic (exact) mass is 561 g/mol. The molecule has 2 aromatic carbocycles. The number of fused-ring (bicyclic) bond motifs is 3. The van der Waals surface area contributed by atoms with Crippen LogP contribution in [-0.4, -0.2) is 29.5 Å². The minimum absolute atomic E-state index is 0.0491. The summed E-state index contributed by atoms with van der Waals surface area (Å²) in [5.74, 6) is 0.537. The average Bonchev–Trinajstić information content (AvgIpc) is 3.15. The number of hydrazone groups is 1. The van der Waals surface area contributed by atoms with E-state index in [1.54, 1.807) is 13.0 Å². The van der Waals surface area contributed by atoms with Gasteiger partial charge in [0.2, 0.25) is 6.10 Å². The molecule has 0 saturated carbocycles. The Balaban J connectivity index is 1.45. The second-order valence-electron chi connectivity index (χ2n) is 7.47. The lowest BCUT2D eigenvalue weighted by molar-refractivity contribution is -0.131.